The number of aromatic nitrogens is 4. The minimum atomic E-state index is -0.269. The summed E-state index contributed by atoms with van der Waals surface area (Å²) in [4.78, 5) is 0. The molecule has 0 bridgehead atoms. The molecule has 1 aromatic heterocycles. The van der Waals surface area contributed by atoms with Gasteiger partial charge in [0.25, 0.3) is 0 Å². The van der Waals surface area contributed by atoms with Gasteiger partial charge in [0, 0.05) is 7.11 Å². The smallest absolute Gasteiger partial charge is 0.168 e. The Bertz CT molecular complexity index is 336. The molecule has 1 N–H and O–H groups in total. The highest BCUT2D eigenvalue weighted by atomic mass is 16.5. The molecule has 0 radical (unpaired) electrons. The third kappa shape index (κ3) is 4.05. The lowest BCUT2D eigenvalue weighted by molar-refractivity contribution is 0.00400. The van der Waals surface area contributed by atoms with Gasteiger partial charge in [-0.2, -0.15) is 0 Å². The van der Waals surface area contributed by atoms with Crippen LogP contribution < -0.4 is 5.32 Å². The van der Waals surface area contributed by atoms with Crippen molar-refractivity contribution in [3.05, 3.63) is 5.82 Å². The molecule has 0 saturated heterocycles. The highest BCUT2D eigenvalue weighted by Gasteiger charge is 2.22. The van der Waals surface area contributed by atoms with Gasteiger partial charge in [-0.25, -0.2) is 4.68 Å². The number of methoxy groups -OCH3 is 1. The summed E-state index contributed by atoms with van der Waals surface area (Å²) >= 11 is 0. The van der Waals surface area contributed by atoms with Crippen LogP contribution >= 0.6 is 0 Å². The van der Waals surface area contributed by atoms with E-state index in [2.05, 4.69) is 34.7 Å². The fourth-order valence-electron chi connectivity index (χ4n) is 1.51. The van der Waals surface area contributed by atoms with E-state index in [-0.39, 0.29) is 11.6 Å². The SMILES string of the molecule is CCCNC(C)c1nnnn1CC(C)(C)OC. The molecule has 6 heteroatoms. The average molecular weight is 241 g/mol. The number of rotatable bonds is 7. The summed E-state index contributed by atoms with van der Waals surface area (Å²) in [5, 5.41) is 15.2. The zero-order valence-electron chi connectivity index (χ0n) is 11.4. The molecule has 1 atom stereocenters. The second kappa shape index (κ2) is 6.07. The first-order chi connectivity index (χ1) is 8.00. The Hall–Kier alpha value is -1.01. The molecule has 1 unspecified atom stereocenters. The molecule has 0 aliphatic heterocycles. The molecule has 6 nitrogen and oxygen atoms in total. The van der Waals surface area contributed by atoms with Crippen molar-refractivity contribution >= 4 is 0 Å². The van der Waals surface area contributed by atoms with Crippen LogP contribution in [0.1, 0.15) is 46.0 Å². The Balaban J connectivity index is 2.71. The Morgan fingerprint density at radius 1 is 1.47 bits per heavy atom. The van der Waals surface area contributed by atoms with Crippen molar-refractivity contribution in [3.8, 4) is 0 Å². The molecule has 98 valence electrons. The van der Waals surface area contributed by atoms with E-state index >= 15 is 0 Å². The van der Waals surface area contributed by atoms with Crippen molar-refractivity contribution in [2.24, 2.45) is 0 Å². The molecular weight excluding hydrogens is 218 g/mol. The second-order valence-corrected chi connectivity index (χ2v) is 4.83. The van der Waals surface area contributed by atoms with Gasteiger partial charge in [0.2, 0.25) is 0 Å². The number of tetrazole rings is 1. The van der Waals surface area contributed by atoms with Crippen molar-refractivity contribution in [2.45, 2.75) is 52.3 Å². The fourth-order valence-corrected chi connectivity index (χ4v) is 1.51. The number of nitrogens with zero attached hydrogens (tertiary/aromatic N) is 4. The van der Waals surface area contributed by atoms with Crippen LogP contribution in [0.4, 0.5) is 0 Å². The van der Waals surface area contributed by atoms with E-state index in [1.165, 1.54) is 0 Å². The molecule has 0 aliphatic carbocycles. The largest absolute Gasteiger partial charge is 0.377 e. The Kier molecular flexibility index (Phi) is 5.02. The first-order valence-corrected chi connectivity index (χ1v) is 6.04. The van der Waals surface area contributed by atoms with Crippen LogP contribution in [0, 0.1) is 0 Å². The van der Waals surface area contributed by atoms with Crippen molar-refractivity contribution in [1.82, 2.24) is 25.5 Å². The lowest BCUT2D eigenvalue weighted by atomic mass is 10.1. The Labute approximate surface area is 103 Å². The second-order valence-electron chi connectivity index (χ2n) is 4.83. The van der Waals surface area contributed by atoms with Crippen molar-refractivity contribution in [1.29, 1.82) is 0 Å². The van der Waals surface area contributed by atoms with E-state index in [0.717, 1.165) is 18.8 Å². The van der Waals surface area contributed by atoms with Gasteiger partial charge in [-0.1, -0.05) is 6.92 Å². The van der Waals surface area contributed by atoms with Gasteiger partial charge in [-0.05, 0) is 44.2 Å². The summed E-state index contributed by atoms with van der Waals surface area (Å²) < 4.78 is 7.19. The lowest BCUT2D eigenvalue weighted by Crippen LogP contribution is -2.32. The first-order valence-electron chi connectivity index (χ1n) is 6.04. The van der Waals surface area contributed by atoms with E-state index in [0.29, 0.717) is 6.54 Å². The summed E-state index contributed by atoms with van der Waals surface area (Å²) in [5.41, 5.74) is -0.269. The van der Waals surface area contributed by atoms with E-state index in [4.69, 9.17) is 4.74 Å². The van der Waals surface area contributed by atoms with E-state index in [1.54, 1.807) is 11.8 Å². The van der Waals surface area contributed by atoms with Gasteiger partial charge in [0.05, 0.1) is 18.2 Å². The maximum atomic E-state index is 5.39. The van der Waals surface area contributed by atoms with E-state index in [1.807, 2.05) is 13.8 Å². The Morgan fingerprint density at radius 3 is 2.76 bits per heavy atom. The van der Waals surface area contributed by atoms with Crippen LogP contribution in [0.25, 0.3) is 0 Å². The summed E-state index contributed by atoms with van der Waals surface area (Å²) in [6.07, 6.45) is 1.09. The quantitative estimate of drug-likeness (QED) is 0.776. The topological polar surface area (TPSA) is 64.9 Å². The minimum absolute atomic E-state index is 0.151. The van der Waals surface area contributed by atoms with Gasteiger partial charge in [-0.15, -0.1) is 5.10 Å². The van der Waals surface area contributed by atoms with Gasteiger partial charge in [-0.3, -0.25) is 0 Å². The summed E-state index contributed by atoms with van der Waals surface area (Å²) in [6, 6.07) is 0.151. The van der Waals surface area contributed by atoms with Crippen LogP contribution in [-0.4, -0.2) is 39.5 Å². The molecule has 0 fully saturated rings. The molecule has 1 rings (SSSR count). The van der Waals surface area contributed by atoms with Crippen LogP contribution in [0.15, 0.2) is 0 Å². The molecule has 0 amide bonds. The highest BCUT2D eigenvalue weighted by Crippen LogP contribution is 2.14. The zero-order valence-corrected chi connectivity index (χ0v) is 11.4. The molecule has 0 saturated carbocycles. The Morgan fingerprint density at radius 2 is 2.18 bits per heavy atom. The van der Waals surface area contributed by atoms with Crippen LogP contribution in [0.2, 0.25) is 0 Å². The number of nitrogens with one attached hydrogen (secondary N) is 1. The summed E-state index contributed by atoms with van der Waals surface area (Å²) in [7, 11) is 1.70. The van der Waals surface area contributed by atoms with Gasteiger partial charge in [0.1, 0.15) is 0 Å². The van der Waals surface area contributed by atoms with Crippen molar-refractivity contribution in [2.75, 3.05) is 13.7 Å². The molecule has 0 spiro atoms. The normalized spacial score (nSPS) is 13.9. The third-order valence-electron chi connectivity index (χ3n) is 2.73. The molecule has 0 aliphatic rings. The van der Waals surface area contributed by atoms with Crippen LogP contribution in [-0.2, 0) is 11.3 Å². The number of ether oxygens (including phenoxy) is 1. The van der Waals surface area contributed by atoms with Gasteiger partial charge >= 0.3 is 0 Å². The summed E-state index contributed by atoms with van der Waals surface area (Å²) in [6.45, 7) is 9.84. The number of hydrogen-bond acceptors (Lipinski definition) is 5. The molecular formula is C11H23N5O. The molecule has 0 aromatic carbocycles. The maximum Gasteiger partial charge on any atom is 0.168 e. The summed E-state index contributed by atoms with van der Waals surface area (Å²) in [5.74, 6) is 0.851. The zero-order chi connectivity index (χ0) is 12.9. The van der Waals surface area contributed by atoms with Crippen molar-refractivity contribution < 1.29 is 4.74 Å². The van der Waals surface area contributed by atoms with Gasteiger partial charge < -0.3 is 10.1 Å². The maximum absolute atomic E-state index is 5.39. The minimum Gasteiger partial charge on any atom is -0.377 e. The van der Waals surface area contributed by atoms with Crippen LogP contribution in [0.5, 0.6) is 0 Å². The van der Waals surface area contributed by atoms with E-state index < -0.39 is 0 Å². The van der Waals surface area contributed by atoms with Crippen LogP contribution in [0.3, 0.4) is 0 Å². The predicted molar refractivity (Wildman–Crippen MR) is 65.6 cm³/mol. The monoisotopic (exact) mass is 241 g/mol. The molecule has 17 heavy (non-hydrogen) atoms. The third-order valence-corrected chi connectivity index (χ3v) is 2.73. The molecule has 1 heterocycles. The predicted octanol–water partition coefficient (Wildman–Crippen LogP) is 1.16. The standard InChI is InChI=1S/C11H23N5O/c1-6-7-12-9(2)10-13-14-15-16(10)8-11(3,4)17-5/h9,12H,6-8H2,1-5H3. The van der Waals surface area contributed by atoms with E-state index in [9.17, 15) is 0 Å². The number of hydrogen-bond donors (Lipinski definition) is 1. The highest BCUT2D eigenvalue weighted by molar-refractivity contribution is 4.91. The fraction of sp³-hybridized carbons (Fsp3) is 0.909. The first kappa shape index (κ1) is 14.1. The molecule has 1 aromatic rings. The lowest BCUT2D eigenvalue weighted by Gasteiger charge is -2.23. The van der Waals surface area contributed by atoms with Gasteiger partial charge in [0.15, 0.2) is 5.82 Å². The average Bonchev–Trinajstić information content (AvgIpc) is 2.73. The van der Waals surface area contributed by atoms with Crippen molar-refractivity contribution in [3.63, 3.8) is 0 Å².